The Morgan fingerprint density at radius 2 is 1.85 bits per heavy atom. The Labute approximate surface area is 152 Å². The standard InChI is InChI=1S/C18H18N4O3S/c1-25-18-17(13-6-8-15(9-7-13)26(2,23)24)22-16(12-21-18)20-11-14-5-3-4-10-19-14/h3-10,12H,11H2,1-2H3,(H,20,22). The van der Waals surface area contributed by atoms with Gasteiger partial charge < -0.3 is 10.1 Å². The predicted molar refractivity (Wildman–Crippen MR) is 98.7 cm³/mol. The third-order valence-corrected chi connectivity index (χ3v) is 4.79. The third kappa shape index (κ3) is 4.15. The molecule has 0 fully saturated rings. The number of ether oxygens (including phenoxy) is 1. The molecule has 3 rings (SSSR count). The second-order valence-electron chi connectivity index (χ2n) is 5.58. The summed E-state index contributed by atoms with van der Waals surface area (Å²) in [4.78, 5) is 13.3. The van der Waals surface area contributed by atoms with Crippen LogP contribution in [0.5, 0.6) is 5.88 Å². The SMILES string of the molecule is COc1ncc(NCc2ccccn2)nc1-c1ccc(S(C)(=O)=O)cc1. The van der Waals surface area contributed by atoms with Crippen molar-refractivity contribution in [3.05, 3.63) is 60.6 Å². The minimum Gasteiger partial charge on any atom is -0.479 e. The fourth-order valence-corrected chi connectivity index (χ4v) is 2.97. The van der Waals surface area contributed by atoms with Crippen molar-refractivity contribution in [1.82, 2.24) is 15.0 Å². The molecule has 0 saturated heterocycles. The number of nitrogens with zero attached hydrogens (tertiary/aromatic N) is 3. The van der Waals surface area contributed by atoms with E-state index in [0.29, 0.717) is 29.5 Å². The molecule has 0 aliphatic rings. The highest BCUT2D eigenvalue weighted by Gasteiger charge is 2.13. The Morgan fingerprint density at radius 1 is 1.08 bits per heavy atom. The van der Waals surface area contributed by atoms with Crippen molar-refractivity contribution in [1.29, 1.82) is 0 Å². The molecule has 0 atom stereocenters. The van der Waals surface area contributed by atoms with Crippen LogP contribution in [0.15, 0.2) is 59.8 Å². The molecule has 0 bridgehead atoms. The molecule has 0 saturated carbocycles. The van der Waals surface area contributed by atoms with Gasteiger partial charge in [-0.05, 0) is 24.3 Å². The first-order chi connectivity index (χ1) is 12.5. The predicted octanol–water partition coefficient (Wildman–Crippen LogP) is 2.56. The molecule has 1 N–H and O–H groups in total. The number of nitrogens with one attached hydrogen (secondary N) is 1. The lowest BCUT2D eigenvalue weighted by Gasteiger charge is -2.11. The van der Waals surface area contributed by atoms with Gasteiger partial charge in [-0.3, -0.25) is 4.98 Å². The van der Waals surface area contributed by atoms with Gasteiger partial charge in [-0.25, -0.2) is 18.4 Å². The minimum absolute atomic E-state index is 0.248. The molecule has 7 nitrogen and oxygen atoms in total. The highest BCUT2D eigenvalue weighted by molar-refractivity contribution is 7.90. The molecular weight excluding hydrogens is 352 g/mol. The largest absolute Gasteiger partial charge is 0.479 e. The van der Waals surface area contributed by atoms with Gasteiger partial charge in [0, 0.05) is 18.0 Å². The molecule has 2 aromatic heterocycles. The molecule has 0 aliphatic carbocycles. The molecule has 134 valence electrons. The Morgan fingerprint density at radius 3 is 2.46 bits per heavy atom. The number of anilines is 1. The van der Waals surface area contributed by atoms with E-state index in [0.717, 1.165) is 5.69 Å². The van der Waals surface area contributed by atoms with Crippen LogP contribution >= 0.6 is 0 Å². The van der Waals surface area contributed by atoms with E-state index in [1.165, 1.54) is 13.4 Å². The van der Waals surface area contributed by atoms with Crippen molar-refractivity contribution >= 4 is 15.7 Å². The van der Waals surface area contributed by atoms with Gasteiger partial charge in [0.15, 0.2) is 9.84 Å². The lowest BCUT2D eigenvalue weighted by molar-refractivity contribution is 0.398. The van der Waals surface area contributed by atoms with Gasteiger partial charge in [0.05, 0.1) is 30.4 Å². The van der Waals surface area contributed by atoms with Crippen LogP contribution in [-0.4, -0.2) is 36.7 Å². The summed E-state index contributed by atoms with van der Waals surface area (Å²) in [7, 11) is -1.74. The first-order valence-corrected chi connectivity index (χ1v) is 9.72. The summed E-state index contributed by atoms with van der Waals surface area (Å²) in [5.74, 6) is 0.930. The number of sulfone groups is 1. The summed E-state index contributed by atoms with van der Waals surface area (Å²) in [6.07, 6.45) is 4.48. The highest BCUT2D eigenvalue weighted by atomic mass is 32.2. The van der Waals surface area contributed by atoms with Crippen molar-refractivity contribution < 1.29 is 13.2 Å². The first-order valence-electron chi connectivity index (χ1n) is 7.82. The zero-order valence-corrected chi connectivity index (χ0v) is 15.2. The van der Waals surface area contributed by atoms with Gasteiger partial charge in [0.2, 0.25) is 5.88 Å². The summed E-state index contributed by atoms with van der Waals surface area (Å²) in [6, 6.07) is 12.1. The Balaban J connectivity index is 1.88. The molecule has 0 amide bonds. The maximum absolute atomic E-state index is 11.6. The average Bonchev–Trinajstić information content (AvgIpc) is 2.66. The van der Waals surface area contributed by atoms with E-state index in [-0.39, 0.29) is 4.90 Å². The minimum atomic E-state index is -3.25. The summed E-state index contributed by atoms with van der Waals surface area (Å²) in [5, 5.41) is 3.17. The van der Waals surface area contributed by atoms with Crippen LogP contribution in [0.25, 0.3) is 11.3 Å². The normalized spacial score (nSPS) is 11.2. The van der Waals surface area contributed by atoms with Crippen molar-refractivity contribution in [2.45, 2.75) is 11.4 Å². The number of hydrogen-bond donors (Lipinski definition) is 1. The first kappa shape index (κ1) is 17.8. The number of benzene rings is 1. The fraction of sp³-hybridized carbons (Fsp3) is 0.167. The Hall–Kier alpha value is -3.00. The number of rotatable bonds is 6. The van der Waals surface area contributed by atoms with Crippen molar-refractivity contribution in [3.8, 4) is 17.1 Å². The molecule has 0 aliphatic heterocycles. The summed E-state index contributed by atoms with van der Waals surface area (Å²) >= 11 is 0. The lowest BCUT2D eigenvalue weighted by atomic mass is 10.1. The summed E-state index contributed by atoms with van der Waals surface area (Å²) < 4.78 is 28.5. The van der Waals surface area contributed by atoms with E-state index in [4.69, 9.17) is 4.74 Å². The molecule has 2 heterocycles. The second kappa shape index (κ2) is 7.49. The molecule has 0 unspecified atom stereocenters. The quantitative estimate of drug-likeness (QED) is 0.712. The zero-order chi connectivity index (χ0) is 18.6. The van der Waals surface area contributed by atoms with Crippen LogP contribution in [0.3, 0.4) is 0 Å². The summed E-state index contributed by atoms with van der Waals surface area (Å²) in [6.45, 7) is 0.508. The maximum Gasteiger partial charge on any atom is 0.240 e. The van der Waals surface area contributed by atoms with Gasteiger partial charge in [0.25, 0.3) is 0 Å². The number of pyridine rings is 1. The molecule has 26 heavy (non-hydrogen) atoms. The van der Waals surface area contributed by atoms with Crippen LogP contribution in [0.1, 0.15) is 5.69 Å². The van der Waals surface area contributed by atoms with Gasteiger partial charge >= 0.3 is 0 Å². The van der Waals surface area contributed by atoms with E-state index in [9.17, 15) is 8.42 Å². The van der Waals surface area contributed by atoms with E-state index in [1.54, 1.807) is 36.7 Å². The summed E-state index contributed by atoms with van der Waals surface area (Å²) in [5.41, 5.74) is 2.12. The molecule has 3 aromatic rings. The number of methoxy groups -OCH3 is 1. The van der Waals surface area contributed by atoms with E-state index in [2.05, 4.69) is 20.3 Å². The van der Waals surface area contributed by atoms with Crippen LogP contribution in [0.2, 0.25) is 0 Å². The van der Waals surface area contributed by atoms with E-state index >= 15 is 0 Å². The average molecular weight is 370 g/mol. The molecular formula is C18H18N4O3S. The number of hydrogen-bond acceptors (Lipinski definition) is 7. The van der Waals surface area contributed by atoms with Crippen LogP contribution in [0, 0.1) is 0 Å². The number of aromatic nitrogens is 3. The Bertz CT molecular complexity index is 991. The van der Waals surface area contributed by atoms with Crippen molar-refractivity contribution in [2.24, 2.45) is 0 Å². The highest BCUT2D eigenvalue weighted by Crippen LogP contribution is 2.28. The van der Waals surface area contributed by atoms with Crippen molar-refractivity contribution in [3.63, 3.8) is 0 Å². The van der Waals surface area contributed by atoms with Gasteiger partial charge in [0.1, 0.15) is 11.5 Å². The van der Waals surface area contributed by atoms with Gasteiger partial charge in [-0.2, -0.15) is 0 Å². The Kier molecular flexibility index (Phi) is 5.13. The van der Waals surface area contributed by atoms with Gasteiger partial charge in [-0.15, -0.1) is 0 Å². The van der Waals surface area contributed by atoms with Crippen LogP contribution in [0.4, 0.5) is 5.82 Å². The smallest absolute Gasteiger partial charge is 0.240 e. The third-order valence-electron chi connectivity index (χ3n) is 3.66. The maximum atomic E-state index is 11.6. The molecule has 8 heteroatoms. The zero-order valence-electron chi connectivity index (χ0n) is 14.4. The van der Waals surface area contributed by atoms with E-state index < -0.39 is 9.84 Å². The lowest BCUT2D eigenvalue weighted by Crippen LogP contribution is -2.05. The van der Waals surface area contributed by atoms with Gasteiger partial charge in [-0.1, -0.05) is 18.2 Å². The van der Waals surface area contributed by atoms with Crippen LogP contribution in [-0.2, 0) is 16.4 Å². The van der Waals surface area contributed by atoms with Crippen LogP contribution < -0.4 is 10.1 Å². The topological polar surface area (TPSA) is 94.1 Å². The molecule has 0 radical (unpaired) electrons. The molecule has 0 spiro atoms. The second-order valence-corrected chi connectivity index (χ2v) is 7.60. The van der Waals surface area contributed by atoms with Crippen molar-refractivity contribution in [2.75, 3.05) is 18.7 Å². The monoisotopic (exact) mass is 370 g/mol. The van der Waals surface area contributed by atoms with E-state index in [1.807, 2.05) is 18.2 Å². The molecule has 1 aromatic carbocycles. The fourth-order valence-electron chi connectivity index (χ4n) is 2.34.